The van der Waals surface area contributed by atoms with Crippen LogP contribution in [0.4, 0.5) is 0 Å². The first-order chi connectivity index (χ1) is 11.7. The maximum absolute atomic E-state index is 13.0. The Hall–Kier alpha value is -1.66. The third kappa shape index (κ3) is 3.54. The highest BCUT2D eigenvalue weighted by Gasteiger charge is 2.47. The maximum atomic E-state index is 13.0. The molecular formula is C18H27N3O3. The van der Waals surface area contributed by atoms with Gasteiger partial charge in [0.1, 0.15) is 0 Å². The van der Waals surface area contributed by atoms with Crippen LogP contribution in [-0.4, -0.2) is 67.7 Å². The molecule has 6 nitrogen and oxygen atoms in total. The number of ether oxygens (including phenoxy) is 2. The molecule has 6 heteroatoms. The minimum atomic E-state index is -0.189. The summed E-state index contributed by atoms with van der Waals surface area (Å²) in [5.41, 5.74) is 0.971. The van der Waals surface area contributed by atoms with Crippen LogP contribution in [0.25, 0.3) is 0 Å². The van der Waals surface area contributed by atoms with E-state index in [1.54, 1.807) is 14.2 Å². The molecule has 3 heterocycles. The average Bonchev–Trinajstić information content (AvgIpc) is 3.01. The van der Waals surface area contributed by atoms with Crippen LogP contribution in [0, 0.1) is 5.41 Å². The van der Waals surface area contributed by atoms with Crippen LogP contribution < -0.4 is 4.74 Å². The van der Waals surface area contributed by atoms with Crippen LogP contribution in [0.5, 0.6) is 5.88 Å². The van der Waals surface area contributed by atoms with Crippen molar-refractivity contribution in [3.05, 3.63) is 23.9 Å². The van der Waals surface area contributed by atoms with E-state index in [0.717, 1.165) is 51.0 Å². The predicted octanol–water partition coefficient (Wildman–Crippen LogP) is 1.55. The molecule has 0 N–H and O–H groups in total. The second-order valence-electron chi connectivity index (χ2n) is 6.84. The molecule has 132 valence electrons. The molecule has 1 aromatic rings. The lowest BCUT2D eigenvalue weighted by atomic mass is 9.78. The number of hydrogen-bond donors (Lipinski definition) is 0. The van der Waals surface area contributed by atoms with Gasteiger partial charge in [0.25, 0.3) is 0 Å². The molecule has 2 aliphatic heterocycles. The van der Waals surface area contributed by atoms with E-state index in [1.165, 1.54) is 0 Å². The Balaban J connectivity index is 1.61. The van der Waals surface area contributed by atoms with E-state index < -0.39 is 0 Å². The lowest BCUT2D eigenvalue weighted by Crippen LogP contribution is -2.50. The van der Waals surface area contributed by atoms with Gasteiger partial charge in [-0.3, -0.25) is 9.69 Å². The zero-order valence-electron chi connectivity index (χ0n) is 14.7. The molecule has 3 rings (SSSR count). The zero-order valence-corrected chi connectivity index (χ0v) is 14.7. The molecule has 0 aliphatic carbocycles. The van der Waals surface area contributed by atoms with Crippen molar-refractivity contribution in [2.75, 3.05) is 47.0 Å². The van der Waals surface area contributed by atoms with Crippen LogP contribution in [0.15, 0.2) is 18.3 Å². The number of methoxy groups -OCH3 is 2. The van der Waals surface area contributed by atoms with E-state index in [1.807, 2.05) is 23.2 Å². The topological polar surface area (TPSA) is 54.9 Å². The molecule has 0 saturated carbocycles. The number of aromatic nitrogens is 1. The Morgan fingerprint density at radius 2 is 2.12 bits per heavy atom. The molecule has 0 bridgehead atoms. The summed E-state index contributed by atoms with van der Waals surface area (Å²) in [6.07, 6.45) is 4.91. The van der Waals surface area contributed by atoms with Crippen LogP contribution in [-0.2, 0) is 16.1 Å². The van der Waals surface area contributed by atoms with Gasteiger partial charge < -0.3 is 14.4 Å². The van der Waals surface area contributed by atoms with Gasteiger partial charge in [0.15, 0.2) is 0 Å². The van der Waals surface area contributed by atoms with Crippen LogP contribution in [0.3, 0.4) is 0 Å². The Bertz CT molecular complexity index is 563. The van der Waals surface area contributed by atoms with Crippen LogP contribution in [0.2, 0.25) is 0 Å². The Labute approximate surface area is 143 Å². The summed E-state index contributed by atoms with van der Waals surface area (Å²) in [6.45, 7) is 4.84. The van der Waals surface area contributed by atoms with E-state index in [4.69, 9.17) is 9.47 Å². The van der Waals surface area contributed by atoms with Crippen molar-refractivity contribution < 1.29 is 14.3 Å². The lowest BCUT2D eigenvalue weighted by molar-refractivity contribution is -0.146. The SMILES string of the molecule is COCCN1CCC[C@@]2(CCN(Cc3ccc(OC)nc3)C2)C1=O. The first-order valence-electron chi connectivity index (χ1n) is 8.66. The molecule has 1 atom stereocenters. The Morgan fingerprint density at radius 3 is 2.83 bits per heavy atom. The summed E-state index contributed by atoms with van der Waals surface area (Å²) >= 11 is 0. The molecule has 24 heavy (non-hydrogen) atoms. The maximum Gasteiger partial charge on any atom is 0.230 e. The van der Waals surface area contributed by atoms with Gasteiger partial charge in [-0.15, -0.1) is 0 Å². The van der Waals surface area contributed by atoms with Gasteiger partial charge in [0.05, 0.1) is 19.1 Å². The van der Waals surface area contributed by atoms with Gasteiger partial charge in [-0.2, -0.15) is 0 Å². The molecule has 0 unspecified atom stereocenters. The molecule has 1 aromatic heterocycles. The van der Waals surface area contributed by atoms with Gasteiger partial charge in [-0.05, 0) is 31.4 Å². The largest absolute Gasteiger partial charge is 0.481 e. The van der Waals surface area contributed by atoms with Gasteiger partial charge in [0.2, 0.25) is 11.8 Å². The van der Waals surface area contributed by atoms with E-state index in [9.17, 15) is 4.79 Å². The van der Waals surface area contributed by atoms with Crippen molar-refractivity contribution in [1.82, 2.24) is 14.8 Å². The van der Waals surface area contributed by atoms with E-state index in [2.05, 4.69) is 9.88 Å². The predicted molar refractivity (Wildman–Crippen MR) is 90.8 cm³/mol. The Kier molecular flexibility index (Phi) is 5.36. The number of nitrogens with zero attached hydrogens (tertiary/aromatic N) is 3. The molecule has 2 saturated heterocycles. The van der Waals surface area contributed by atoms with E-state index in [-0.39, 0.29) is 5.41 Å². The summed E-state index contributed by atoms with van der Waals surface area (Å²) in [5, 5.41) is 0. The highest BCUT2D eigenvalue weighted by atomic mass is 16.5. The average molecular weight is 333 g/mol. The fourth-order valence-corrected chi connectivity index (χ4v) is 3.92. The van der Waals surface area contributed by atoms with Gasteiger partial charge in [-0.25, -0.2) is 4.98 Å². The normalized spacial score (nSPS) is 24.8. The number of pyridine rings is 1. The minimum absolute atomic E-state index is 0.189. The summed E-state index contributed by atoms with van der Waals surface area (Å²) in [5.74, 6) is 0.953. The number of carbonyl (C=O) groups excluding carboxylic acids is 1. The third-order valence-electron chi connectivity index (χ3n) is 5.24. The van der Waals surface area contributed by atoms with Crippen molar-refractivity contribution in [2.45, 2.75) is 25.8 Å². The summed E-state index contributed by atoms with van der Waals surface area (Å²) < 4.78 is 10.2. The van der Waals surface area contributed by atoms with Crippen LogP contribution in [0.1, 0.15) is 24.8 Å². The monoisotopic (exact) mass is 333 g/mol. The number of carbonyl (C=O) groups is 1. The second-order valence-corrected chi connectivity index (χ2v) is 6.84. The van der Waals surface area contributed by atoms with Crippen molar-refractivity contribution in [2.24, 2.45) is 5.41 Å². The van der Waals surface area contributed by atoms with Crippen molar-refractivity contribution >= 4 is 5.91 Å². The van der Waals surface area contributed by atoms with Crippen LogP contribution >= 0.6 is 0 Å². The third-order valence-corrected chi connectivity index (χ3v) is 5.24. The molecule has 2 fully saturated rings. The number of piperidine rings is 1. The summed E-state index contributed by atoms with van der Waals surface area (Å²) in [6, 6.07) is 3.93. The fourth-order valence-electron chi connectivity index (χ4n) is 3.92. The number of rotatable bonds is 6. The number of hydrogen-bond acceptors (Lipinski definition) is 5. The van der Waals surface area contributed by atoms with E-state index >= 15 is 0 Å². The molecule has 1 amide bonds. The molecule has 0 aromatic carbocycles. The van der Waals surface area contributed by atoms with Crippen molar-refractivity contribution in [3.8, 4) is 5.88 Å². The summed E-state index contributed by atoms with van der Waals surface area (Å²) in [7, 11) is 3.31. The first-order valence-corrected chi connectivity index (χ1v) is 8.66. The smallest absolute Gasteiger partial charge is 0.230 e. The van der Waals surface area contributed by atoms with Crippen molar-refractivity contribution in [3.63, 3.8) is 0 Å². The minimum Gasteiger partial charge on any atom is -0.481 e. The quantitative estimate of drug-likeness (QED) is 0.791. The molecule has 0 radical (unpaired) electrons. The highest BCUT2D eigenvalue weighted by Crippen LogP contribution is 2.40. The lowest BCUT2D eigenvalue weighted by Gasteiger charge is -2.39. The van der Waals surface area contributed by atoms with Gasteiger partial charge in [0, 0.05) is 45.6 Å². The molecule has 1 spiro atoms. The highest BCUT2D eigenvalue weighted by molar-refractivity contribution is 5.84. The molecule has 2 aliphatic rings. The fraction of sp³-hybridized carbons (Fsp3) is 0.667. The zero-order chi connectivity index (χ0) is 17.0. The summed E-state index contributed by atoms with van der Waals surface area (Å²) in [4.78, 5) is 21.6. The first kappa shape index (κ1) is 17.2. The van der Waals surface area contributed by atoms with Gasteiger partial charge >= 0.3 is 0 Å². The second kappa shape index (κ2) is 7.49. The standard InChI is InChI=1S/C18H27N3O3/c1-23-11-10-21-8-3-6-18(17(21)22)7-9-20(14-18)13-15-4-5-16(24-2)19-12-15/h4-5,12H,3,6-11,13-14H2,1-2H3/t18-/m0/s1. The van der Waals surface area contributed by atoms with E-state index in [0.29, 0.717) is 24.9 Å². The van der Waals surface area contributed by atoms with Gasteiger partial charge in [-0.1, -0.05) is 6.07 Å². The molecular weight excluding hydrogens is 306 g/mol. The number of likely N-dealkylation sites (tertiary alicyclic amines) is 2. The number of amides is 1. The van der Waals surface area contributed by atoms with Crippen molar-refractivity contribution in [1.29, 1.82) is 0 Å². The Morgan fingerprint density at radius 1 is 1.25 bits per heavy atom.